The van der Waals surface area contributed by atoms with Crippen LogP contribution in [-0.4, -0.2) is 32.8 Å². The normalized spacial score (nSPS) is 14.7. The zero-order valence-corrected chi connectivity index (χ0v) is 14.8. The highest BCUT2D eigenvalue weighted by Crippen LogP contribution is 2.30. The molecule has 1 heterocycles. The first-order valence-electron chi connectivity index (χ1n) is 8.67. The maximum Gasteiger partial charge on any atom is 0.191 e. The van der Waals surface area contributed by atoms with E-state index in [2.05, 4.69) is 46.8 Å². The van der Waals surface area contributed by atoms with Gasteiger partial charge in [-0.25, -0.2) is 0 Å². The first-order valence-corrected chi connectivity index (χ1v) is 8.67. The third-order valence-electron chi connectivity index (χ3n) is 4.19. The monoisotopic (exact) mass is 339 g/mol. The van der Waals surface area contributed by atoms with Crippen molar-refractivity contribution in [2.75, 3.05) is 26.8 Å². The molecule has 0 bridgehead atoms. The molecule has 25 heavy (non-hydrogen) atoms. The van der Waals surface area contributed by atoms with Crippen LogP contribution in [0.1, 0.15) is 24.1 Å². The summed E-state index contributed by atoms with van der Waals surface area (Å²) in [4.78, 5) is 4.30. The molecule has 2 N–H and O–H groups in total. The topological polar surface area (TPSA) is 54.9 Å². The Hall–Kier alpha value is -2.69. The third-order valence-corrected chi connectivity index (χ3v) is 4.19. The number of rotatable bonds is 5. The van der Waals surface area contributed by atoms with Crippen molar-refractivity contribution in [1.82, 2.24) is 10.6 Å². The molecule has 0 saturated heterocycles. The highest BCUT2D eigenvalue weighted by molar-refractivity contribution is 5.80. The van der Waals surface area contributed by atoms with Gasteiger partial charge in [-0.05, 0) is 36.6 Å². The summed E-state index contributed by atoms with van der Waals surface area (Å²) in [5.74, 6) is 2.47. The van der Waals surface area contributed by atoms with Crippen LogP contribution in [0.3, 0.4) is 0 Å². The molecule has 1 aliphatic rings. The fourth-order valence-corrected chi connectivity index (χ4v) is 2.79. The van der Waals surface area contributed by atoms with Gasteiger partial charge in [0, 0.05) is 13.6 Å². The summed E-state index contributed by atoms with van der Waals surface area (Å²) in [6.07, 6.45) is 0.886. The number of hydrogen-bond donors (Lipinski definition) is 2. The van der Waals surface area contributed by atoms with E-state index in [9.17, 15) is 0 Å². The molecule has 5 heteroatoms. The van der Waals surface area contributed by atoms with Crippen LogP contribution in [0.25, 0.3) is 0 Å². The van der Waals surface area contributed by atoms with E-state index < -0.39 is 0 Å². The fourth-order valence-electron chi connectivity index (χ4n) is 2.79. The average molecular weight is 339 g/mol. The van der Waals surface area contributed by atoms with Crippen molar-refractivity contribution in [3.8, 4) is 11.5 Å². The highest BCUT2D eigenvalue weighted by atomic mass is 16.6. The van der Waals surface area contributed by atoms with E-state index in [0.29, 0.717) is 13.2 Å². The first kappa shape index (κ1) is 17.1. The molecule has 2 aromatic carbocycles. The maximum absolute atomic E-state index is 5.63. The van der Waals surface area contributed by atoms with Gasteiger partial charge in [-0.2, -0.15) is 0 Å². The van der Waals surface area contributed by atoms with Crippen LogP contribution < -0.4 is 20.1 Å². The van der Waals surface area contributed by atoms with Gasteiger partial charge < -0.3 is 20.1 Å². The summed E-state index contributed by atoms with van der Waals surface area (Å²) in [6, 6.07) is 16.7. The molecule has 1 atom stereocenters. The zero-order chi connectivity index (χ0) is 17.5. The summed E-state index contributed by atoms with van der Waals surface area (Å²) >= 11 is 0. The van der Waals surface area contributed by atoms with Gasteiger partial charge in [0.25, 0.3) is 0 Å². The Morgan fingerprint density at radius 1 is 1.08 bits per heavy atom. The Morgan fingerprint density at radius 3 is 2.60 bits per heavy atom. The van der Waals surface area contributed by atoms with Gasteiger partial charge >= 0.3 is 0 Å². The van der Waals surface area contributed by atoms with E-state index in [1.807, 2.05) is 24.3 Å². The number of benzene rings is 2. The molecule has 0 fully saturated rings. The first-order chi connectivity index (χ1) is 12.3. The quantitative estimate of drug-likeness (QED) is 0.650. The van der Waals surface area contributed by atoms with Crippen molar-refractivity contribution < 1.29 is 9.47 Å². The van der Waals surface area contributed by atoms with Crippen LogP contribution in [-0.2, 0) is 6.42 Å². The van der Waals surface area contributed by atoms with Crippen LogP contribution in [0.4, 0.5) is 0 Å². The van der Waals surface area contributed by atoms with E-state index >= 15 is 0 Å². The molecule has 1 unspecified atom stereocenters. The lowest BCUT2D eigenvalue weighted by molar-refractivity contribution is 0.171. The average Bonchev–Trinajstić information content (AvgIpc) is 2.67. The van der Waals surface area contributed by atoms with E-state index in [1.54, 1.807) is 7.05 Å². The summed E-state index contributed by atoms with van der Waals surface area (Å²) < 4.78 is 11.2. The van der Waals surface area contributed by atoms with Crippen LogP contribution >= 0.6 is 0 Å². The van der Waals surface area contributed by atoms with Gasteiger partial charge in [-0.15, -0.1) is 0 Å². The molecule has 5 nitrogen and oxygen atoms in total. The Morgan fingerprint density at radius 2 is 1.84 bits per heavy atom. The summed E-state index contributed by atoms with van der Waals surface area (Å²) in [5.41, 5.74) is 2.44. The van der Waals surface area contributed by atoms with Crippen molar-refractivity contribution >= 4 is 5.96 Å². The molecule has 0 aliphatic carbocycles. The largest absolute Gasteiger partial charge is 0.486 e. The minimum Gasteiger partial charge on any atom is -0.486 e. The molecular formula is C20H25N3O2. The molecule has 0 radical (unpaired) electrons. The second-order valence-electron chi connectivity index (χ2n) is 6.00. The summed E-state index contributed by atoms with van der Waals surface area (Å²) in [6.45, 7) is 4.15. The van der Waals surface area contributed by atoms with Gasteiger partial charge in [0.05, 0.1) is 6.04 Å². The molecule has 0 spiro atoms. The number of nitrogens with zero attached hydrogens (tertiary/aromatic N) is 1. The van der Waals surface area contributed by atoms with Crippen molar-refractivity contribution in [2.24, 2.45) is 4.99 Å². The molecular weight excluding hydrogens is 314 g/mol. The van der Waals surface area contributed by atoms with E-state index in [-0.39, 0.29) is 6.04 Å². The Labute approximate surface area is 149 Å². The second kappa shape index (κ2) is 8.42. The van der Waals surface area contributed by atoms with E-state index in [0.717, 1.165) is 30.4 Å². The van der Waals surface area contributed by atoms with Crippen molar-refractivity contribution in [1.29, 1.82) is 0 Å². The fraction of sp³-hybridized carbons (Fsp3) is 0.350. The van der Waals surface area contributed by atoms with E-state index in [1.165, 1.54) is 11.1 Å². The molecule has 0 aromatic heterocycles. The maximum atomic E-state index is 5.63. The summed E-state index contributed by atoms with van der Waals surface area (Å²) in [7, 11) is 1.79. The van der Waals surface area contributed by atoms with Crippen molar-refractivity contribution in [3.63, 3.8) is 0 Å². The van der Waals surface area contributed by atoms with Crippen LogP contribution in [0, 0.1) is 0 Å². The number of aliphatic imine (C=N–C) groups is 1. The van der Waals surface area contributed by atoms with Gasteiger partial charge in [0.15, 0.2) is 17.5 Å². The van der Waals surface area contributed by atoms with Gasteiger partial charge in [0.2, 0.25) is 0 Å². The predicted octanol–water partition coefficient (Wildman–Crippen LogP) is 2.93. The minimum atomic E-state index is 0.196. The number of ether oxygens (including phenoxy) is 2. The van der Waals surface area contributed by atoms with E-state index in [4.69, 9.17) is 9.47 Å². The molecule has 0 saturated carbocycles. The lowest BCUT2D eigenvalue weighted by Crippen LogP contribution is -2.39. The van der Waals surface area contributed by atoms with Crippen LogP contribution in [0.15, 0.2) is 53.5 Å². The molecule has 1 aliphatic heterocycles. The zero-order valence-electron chi connectivity index (χ0n) is 14.8. The standard InChI is InChI=1S/C20H25N3O2/c1-15(17-6-4-3-5-7-17)23-20(21-2)22-11-10-16-8-9-18-19(14-16)25-13-12-24-18/h3-9,14-15H,10-13H2,1-2H3,(H2,21,22,23). The number of guanidine groups is 1. The minimum absolute atomic E-state index is 0.196. The lowest BCUT2D eigenvalue weighted by Gasteiger charge is -2.20. The molecule has 2 aromatic rings. The van der Waals surface area contributed by atoms with Gasteiger partial charge in [-0.3, -0.25) is 4.99 Å². The smallest absolute Gasteiger partial charge is 0.191 e. The lowest BCUT2D eigenvalue weighted by atomic mass is 10.1. The number of nitrogens with one attached hydrogen (secondary N) is 2. The number of hydrogen-bond acceptors (Lipinski definition) is 3. The second-order valence-corrected chi connectivity index (χ2v) is 6.00. The van der Waals surface area contributed by atoms with Crippen molar-refractivity contribution in [2.45, 2.75) is 19.4 Å². The van der Waals surface area contributed by atoms with Crippen LogP contribution in [0.2, 0.25) is 0 Å². The van der Waals surface area contributed by atoms with Gasteiger partial charge in [0.1, 0.15) is 13.2 Å². The summed E-state index contributed by atoms with van der Waals surface area (Å²) in [5, 5.41) is 6.78. The molecule has 0 amide bonds. The highest BCUT2D eigenvalue weighted by Gasteiger charge is 2.12. The predicted molar refractivity (Wildman–Crippen MR) is 100 cm³/mol. The van der Waals surface area contributed by atoms with Gasteiger partial charge in [-0.1, -0.05) is 36.4 Å². The molecule has 3 rings (SSSR count). The molecule has 132 valence electrons. The SMILES string of the molecule is CN=C(NCCc1ccc2c(c1)OCCO2)NC(C)c1ccccc1. The van der Waals surface area contributed by atoms with Crippen LogP contribution in [0.5, 0.6) is 11.5 Å². The van der Waals surface area contributed by atoms with Crippen molar-refractivity contribution in [3.05, 3.63) is 59.7 Å². The third kappa shape index (κ3) is 4.66. The Bertz CT molecular complexity index is 716. The Kier molecular flexibility index (Phi) is 5.77. The number of fused-ring (bicyclic) bond motifs is 1. The Balaban J connectivity index is 1.50.